The minimum atomic E-state index is -1.58. The van der Waals surface area contributed by atoms with Crippen molar-refractivity contribution in [1.82, 2.24) is 16.0 Å². The van der Waals surface area contributed by atoms with E-state index in [0.717, 1.165) is 0 Å². The first-order valence-electron chi connectivity index (χ1n) is 11.4. The van der Waals surface area contributed by atoms with Gasteiger partial charge in [-0.2, -0.15) is 11.8 Å². The maximum atomic E-state index is 13.2. The topological polar surface area (TPSA) is 231 Å². The van der Waals surface area contributed by atoms with E-state index < -0.39 is 66.2 Å². The number of hydrogen-bond donors (Lipinski definition) is 7. The molecule has 37 heavy (non-hydrogen) atoms. The highest BCUT2D eigenvalue weighted by Crippen LogP contribution is 2.08. The van der Waals surface area contributed by atoms with Gasteiger partial charge in [-0.3, -0.25) is 24.0 Å². The number of carbonyl (C=O) groups is 6. The molecule has 0 spiro atoms. The summed E-state index contributed by atoms with van der Waals surface area (Å²) in [7, 11) is 0. The molecule has 13 nitrogen and oxygen atoms in total. The van der Waals surface area contributed by atoms with Crippen LogP contribution in [-0.2, 0) is 35.2 Å². The predicted molar refractivity (Wildman–Crippen MR) is 135 cm³/mol. The van der Waals surface area contributed by atoms with Crippen LogP contribution in [0.4, 0.5) is 0 Å². The molecule has 0 saturated heterocycles. The van der Waals surface area contributed by atoms with Gasteiger partial charge < -0.3 is 37.6 Å². The van der Waals surface area contributed by atoms with Gasteiger partial charge in [-0.1, -0.05) is 30.3 Å². The Morgan fingerprint density at radius 3 is 1.97 bits per heavy atom. The number of carboxylic acid groups (broad SMARTS) is 2. The van der Waals surface area contributed by atoms with Crippen LogP contribution in [0, 0.1) is 0 Å². The van der Waals surface area contributed by atoms with Crippen LogP contribution >= 0.6 is 11.8 Å². The fourth-order valence-corrected chi connectivity index (χ4v) is 3.67. The SMILES string of the molecule is CSCCC(NC(=O)C(Cc1ccccc1)NC(=O)C(N)CCC(=O)O)C(=O)NC(CC(N)=O)C(=O)O. The lowest BCUT2D eigenvalue weighted by molar-refractivity contribution is -0.143. The maximum absolute atomic E-state index is 13.2. The highest BCUT2D eigenvalue weighted by atomic mass is 32.2. The Bertz CT molecular complexity index is 962. The van der Waals surface area contributed by atoms with Gasteiger partial charge >= 0.3 is 11.9 Å². The molecule has 0 aliphatic rings. The minimum Gasteiger partial charge on any atom is -0.481 e. The number of hydrogen-bond acceptors (Lipinski definition) is 8. The van der Waals surface area contributed by atoms with E-state index >= 15 is 0 Å². The summed E-state index contributed by atoms with van der Waals surface area (Å²) in [5.41, 5.74) is 11.5. The van der Waals surface area contributed by atoms with E-state index in [2.05, 4.69) is 16.0 Å². The van der Waals surface area contributed by atoms with E-state index in [9.17, 15) is 33.9 Å². The molecule has 1 aromatic carbocycles. The van der Waals surface area contributed by atoms with Gasteiger partial charge in [-0.05, 0) is 30.4 Å². The van der Waals surface area contributed by atoms with E-state index in [1.54, 1.807) is 36.6 Å². The summed E-state index contributed by atoms with van der Waals surface area (Å²) in [6.07, 6.45) is 0.839. The van der Waals surface area contributed by atoms with Crippen LogP contribution in [0.5, 0.6) is 0 Å². The van der Waals surface area contributed by atoms with E-state index in [-0.39, 0.29) is 25.7 Å². The molecule has 0 aliphatic carbocycles. The fraction of sp³-hybridized carbons (Fsp3) is 0.478. The Balaban J connectivity index is 3.07. The van der Waals surface area contributed by atoms with Gasteiger partial charge in [-0.25, -0.2) is 4.79 Å². The second-order valence-corrected chi connectivity index (χ2v) is 9.19. The highest BCUT2D eigenvalue weighted by molar-refractivity contribution is 7.98. The number of primary amides is 1. The first-order valence-corrected chi connectivity index (χ1v) is 12.8. The van der Waals surface area contributed by atoms with Crippen molar-refractivity contribution >= 4 is 47.3 Å². The molecule has 4 atom stereocenters. The minimum absolute atomic E-state index is 0.0420. The second-order valence-electron chi connectivity index (χ2n) is 8.20. The quantitative estimate of drug-likeness (QED) is 0.122. The number of nitrogens with one attached hydrogen (secondary N) is 3. The Morgan fingerprint density at radius 2 is 1.43 bits per heavy atom. The van der Waals surface area contributed by atoms with Crippen LogP contribution in [0.15, 0.2) is 30.3 Å². The smallest absolute Gasteiger partial charge is 0.326 e. The second kappa shape index (κ2) is 16.2. The van der Waals surface area contributed by atoms with Crippen molar-refractivity contribution in [3.8, 4) is 0 Å². The lowest BCUT2D eigenvalue weighted by atomic mass is 10.0. The molecule has 0 bridgehead atoms. The summed E-state index contributed by atoms with van der Waals surface area (Å²) < 4.78 is 0. The summed E-state index contributed by atoms with van der Waals surface area (Å²) in [6.45, 7) is 0. The summed E-state index contributed by atoms with van der Waals surface area (Å²) in [6, 6.07) is 3.61. The molecule has 0 heterocycles. The van der Waals surface area contributed by atoms with Crippen molar-refractivity contribution < 1.29 is 39.0 Å². The number of thioether (sulfide) groups is 1. The van der Waals surface area contributed by atoms with Crippen molar-refractivity contribution in [2.45, 2.75) is 56.3 Å². The molecule has 204 valence electrons. The third-order valence-corrected chi connectivity index (χ3v) is 5.83. The Morgan fingerprint density at radius 1 is 0.865 bits per heavy atom. The first-order chi connectivity index (χ1) is 17.4. The van der Waals surface area contributed by atoms with Gasteiger partial charge in [0.1, 0.15) is 18.1 Å². The Hall–Kier alpha value is -3.65. The molecule has 0 fully saturated rings. The Kier molecular flexibility index (Phi) is 13.7. The molecule has 0 radical (unpaired) electrons. The Labute approximate surface area is 218 Å². The number of carboxylic acids is 2. The van der Waals surface area contributed by atoms with Gasteiger partial charge in [0.05, 0.1) is 12.5 Å². The molecule has 4 amide bonds. The summed E-state index contributed by atoms with van der Waals surface area (Å²) in [5, 5.41) is 25.4. The van der Waals surface area contributed by atoms with Crippen LogP contribution in [0.3, 0.4) is 0 Å². The van der Waals surface area contributed by atoms with E-state index in [4.69, 9.17) is 16.6 Å². The third kappa shape index (κ3) is 12.2. The number of nitrogens with two attached hydrogens (primary N) is 2. The normalized spacial score (nSPS) is 13.9. The fourth-order valence-electron chi connectivity index (χ4n) is 3.20. The van der Waals surface area contributed by atoms with Gasteiger partial charge in [0.15, 0.2) is 0 Å². The average molecular weight is 540 g/mol. The molecule has 1 aromatic rings. The van der Waals surface area contributed by atoms with E-state index in [0.29, 0.717) is 11.3 Å². The van der Waals surface area contributed by atoms with Crippen molar-refractivity contribution in [3.63, 3.8) is 0 Å². The molecular formula is C23H33N5O8S. The number of carbonyl (C=O) groups excluding carboxylic acids is 4. The molecule has 1 rings (SSSR count). The van der Waals surface area contributed by atoms with Crippen molar-refractivity contribution in [3.05, 3.63) is 35.9 Å². The largest absolute Gasteiger partial charge is 0.481 e. The zero-order valence-corrected chi connectivity index (χ0v) is 21.2. The molecule has 14 heteroatoms. The molecule has 9 N–H and O–H groups in total. The third-order valence-electron chi connectivity index (χ3n) is 5.19. The number of aliphatic carboxylic acids is 2. The van der Waals surface area contributed by atoms with Gasteiger partial charge in [-0.15, -0.1) is 0 Å². The lowest BCUT2D eigenvalue weighted by Crippen LogP contribution is -2.58. The van der Waals surface area contributed by atoms with E-state index in [1.165, 1.54) is 11.8 Å². The van der Waals surface area contributed by atoms with Gasteiger partial charge in [0, 0.05) is 12.8 Å². The molecular weight excluding hydrogens is 506 g/mol. The van der Waals surface area contributed by atoms with E-state index in [1.807, 2.05) is 0 Å². The van der Waals surface area contributed by atoms with Crippen LogP contribution in [0.2, 0.25) is 0 Å². The summed E-state index contributed by atoms with van der Waals surface area (Å²) >= 11 is 1.39. The molecule has 0 aromatic heterocycles. The maximum Gasteiger partial charge on any atom is 0.326 e. The van der Waals surface area contributed by atoms with Crippen LogP contribution in [0.25, 0.3) is 0 Å². The number of benzene rings is 1. The summed E-state index contributed by atoms with van der Waals surface area (Å²) in [5.74, 6) is -5.39. The zero-order chi connectivity index (χ0) is 28.0. The van der Waals surface area contributed by atoms with Crippen LogP contribution in [-0.4, -0.2) is 82.0 Å². The van der Waals surface area contributed by atoms with Crippen molar-refractivity contribution in [2.75, 3.05) is 12.0 Å². The number of rotatable bonds is 17. The van der Waals surface area contributed by atoms with Crippen LogP contribution in [0.1, 0.15) is 31.2 Å². The number of amides is 4. The predicted octanol–water partition coefficient (Wildman–Crippen LogP) is -1.41. The highest BCUT2D eigenvalue weighted by Gasteiger charge is 2.31. The van der Waals surface area contributed by atoms with Gasteiger partial charge in [0.25, 0.3) is 0 Å². The first kappa shape index (κ1) is 31.4. The standard InChI is InChI=1S/C23H33N5O8S/c1-37-10-9-15(21(33)28-17(23(35)36)12-18(25)29)26-22(34)16(11-13-5-3-2-4-6-13)27-20(32)14(24)7-8-19(30)31/h2-6,14-17H,7-12,24H2,1H3,(H2,25,29)(H,26,34)(H,27,32)(H,28,33)(H,30,31)(H,35,36). The monoisotopic (exact) mass is 539 g/mol. The lowest BCUT2D eigenvalue weighted by Gasteiger charge is -2.25. The van der Waals surface area contributed by atoms with Crippen molar-refractivity contribution in [1.29, 1.82) is 0 Å². The zero-order valence-electron chi connectivity index (χ0n) is 20.3. The van der Waals surface area contributed by atoms with Gasteiger partial charge in [0.2, 0.25) is 23.6 Å². The average Bonchev–Trinajstić information content (AvgIpc) is 2.84. The molecule has 0 aliphatic heterocycles. The summed E-state index contributed by atoms with van der Waals surface area (Å²) in [4.78, 5) is 72.0. The van der Waals surface area contributed by atoms with Crippen molar-refractivity contribution in [2.24, 2.45) is 11.5 Å². The molecule has 4 unspecified atom stereocenters. The molecule has 0 saturated carbocycles. The van der Waals surface area contributed by atoms with Crippen LogP contribution < -0.4 is 27.4 Å².